The fourth-order valence-electron chi connectivity index (χ4n) is 4.88. The molecule has 7 nitrogen and oxygen atoms in total. The molecule has 0 spiro atoms. The largest absolute Gasteiger partial charge is 0.379 e. The molecule has 1 atom stereocenters. The predicted molar refractivity (Wildman–Crippen MR) is 142 cm³/mol. The number of nitrogens with one attached hydrogen (secondary N) is 2. The molecule has 2 aliphatic heterocycles. The van der Waals surface area contributed by atoms with Crippen molar-refractivity contribution in [2.24, 2.45) is 4.99 Å². The van der Waals surface area contributed by atoms with Gasteiger partial charge in [-0.05, 0) is 41.3 Å². The van der Waals surface area contributed by atoms with Gasteiger partial charge >= 0.3 is 0 Å². The lowest BCUT2D eigenvalue weighted by Gasteiger charge is -2.29. The van der Waals surface area contributed by atoms with E-state index in [1.54, 1.807) is 12.1 Å². The molecular weight excluding hydrogens is 471 g/mol. The first-order chi connectivity index (χ1) is 18.2. The van der Waals surface area contributed by atoms with E-state index in [0.29, 0.717) is 43.1 Å². The first-order valence-corrected chi connectivity index (χ1v) is 13.0. The molecule has 3 aromatic carbocycles. The predicted octanol–water partition coefficient (Wildman–Crippen LogP) is 3.52. The van der Waals surface area contributed by atoms with E-state index in [-0.39, 0.29) is 18.0 Å². The molecule has 0 saturated carbocycles. The molecule has 194 valence electrons. The second-order valence-corrected chi connectivity index (χ2v) is 9.34. The molecule has 1 fully saturated rings. The molecule has 5 rings (SSSR count). The van der Waals surface area contributed by atoms with Gasteiger partial charge in [-0.15, -0.1) is 0 Å². The zero-order valence-electron chi connectivity index (χ0n) is 20.9. The summed E-state index contributed by atoms with van der Waals surface area (Å²) < 4.78 is 26.3. The lowest BCUT2D eigenvalue weighted by molar-refractivity contribution is -0.00551. The van der Waals surface area contributed by atoms with Crippen LogP contribution in [0.15, 0.2) is 65.7 Å². The molecular formula is C29H33FN4O3. The van der Waals surface area contributed by atoms with Gasteiger partial charge in [-0.25, -0.2) is 4.39 Å². The second kappa shape index (κ2) is 12.3. The molecule has 2 N–H and O–H groups in total. The number of ether oxygens (including phenoxy) is 2. The molecule has 1 amide bonds. The minimum Gasteiger partial charge on any atom is -0.379 e. The van der Waals surface area contributed by atoms with E-state index in [2.05, 4.69) is 44.8 Å². The summed E-state index contributed by atoms with van der Waals surface area (Å²) >= 11 is 0. The summed E-state index contributed by atoms with van der Waals surface area (Å²) in [6.07, 6.45) is 1.53. The van der Waals surface area contributed by atoms with Crippen molar-refractivity contribution in [3.05, 3.63) is 83.2 Å². The van der Waals surface area contributed by atoms with Crippen molar-refractivity contribution in [3.8, 4) is 0 Å². The summed E-state index contributed by atoms with van der Waals surface area (Å²) in [5, 5.41) is 8.28. The van der Waals surface area contributed by atoms with Crippen LogP contribution in [0.25, 0.3) is 10.8 Å². The van der Waals surface area contributed by atoms with Crippen LogP contribution in [0.4, 0.5) is 4.39 Å². The van der Waals surface area contributed by atoms with Crippen LogP contribution in [0, 0.1) is 5.82 Å². The highest BCUT2D eigenvalue weighted by Gasteiger charge is 2.21. The highest BCUT2D eigenvalue weighted by atomic mass is 19.1. The van der Waals surface area contributed by atoms with E-state index < -0.39 is 0 Å². The maximum absolute atomic E-state index is 14.9. The third-order valence-electron chi connectivity index (χ3n) is 6.91. The average molecular weight is 505 g/mol. The molecule has 1 unspecified atom stereocenters. The fourth-order valence-corrected chi connectivity index (χ4v) is 4.88. The van der Waals surface area contributed by atoms with Crippen LogP contribution >= 0.6 is 0 Å². The van der Waals surface area contributed by atoms with Crippen molar-refractivity contribution >= 4 is 22.6 Å². The van der Waals surface area contributed by atoms with Gasteiger partial charge in [0.15, 0.2) is 5.96 Å². The Morgan fingerprint density at radius 1 is 1.08 bits per heavy atom. The minimum absolute atomic E-state index is 0.229. The Hall–Kier alpha value is -3.33. The number of morpholine rings is 1. The van der Waals surface area contributed by atoms with Crippen molar-refractivity contribution in [1.82, 2.24) is 15.5 Å². The van der Waals surface area contributed by atoms with Crippen molar-refractivity contribution in [2.75, 3.05) is 46.0 Å². The van der Waals surface area contributed by atoms with Crippen molar-refractivity contribution in [1.29, 1.82) is 0 Å². The van der Waals surface area contributed by atoms with Gasteiger partial charge in [0, 0.05) is 43.7 Å². The molecule has 1 saturated heterocycles. The summed E-state index contributed by atoms with van der Waals surface area (Å²) in [5.74, 6) is -0.403. The van der Waals surface area contributed by atoms with Crippen LogP contribution in [0.2, 0.25) is 0 Å². The first-order valence-electron chi connectivity index (χ1n) is 13.0. The number of benzene rings is 3. The zero-order chi connectivity index (χ0) is 25.5. The van der Waals surface area contributed by atoms with Gasteiger partial charge in [-0.3, -0.25) is 20.0 Å². The van der Waals surface area contributed by atoms with E-state index in [9.17, 15) is 9.18 Å². The van der Waals surface area contributed by atoms with E-state index >= 15 is 0 Å². The molecule has 3 aromatic rings. The molecule has 2 aliphatic rings. The van der Waals surface area contributed by atoms with Crippen LogP contribution in [0.3, 0.4) is 0 Å². The average Bonchev–Trinajstić information content (AvgIpc) is 2.93. The Morgan fingerprint density at radius 3 is 2.78 bits per heavy atom. The van der Waals surface area contributed by atoms with E-state index in [4.69, 9.17) is 9.47 Å². The fraction of sp³-hybridized carbons (Fsp3) is 0.379. The van der Waals surface area contributed by atoms with Crippen LogP contribution in [-0.2, 0) is 22.3 Å². The third kappa shape index (κ3) is 6.52. The minimum atomic E-state index is -0.382. The normalized spacial score (nSPS) is 18.3. The van der Waals surface area contributed by atoms with Crippen LogP contribution in [0.1, 0.15) is 27.9 Å². The summed E-state index contributed by atoms with van der Waals surface area (Å²) in [7, 11) is 0. The number of carbonyl (C=O) groups is 1. The Balaban J connectivity index is 1.20. The Morgan fingerprint density at radius 2 is 1.89 bits per heavy atom. The monoisotopic (exact) mass is 504 g/mol. The Bertz CT molecular complexity index is 1250. The van der Waals surface area contributed by atoms with Crippen LogP contribution in [-0.4, -0.2) is 69.0 Å². The SMILES string of the molecule is O=C(NC1=NCCC(OCCN2CCOCC2)N1)c1cccc(F)c1CCc1cccc2ccccc12. The zero-order valence-corrected chi connectivity index (χ0v) is 20.9. The number of aryl methyl sites for hydroxylation is 1. The summed E-state index contributed by atoms with van der Waals surface area (Å²) in [4.78, 5) is 19.9. The van der Waals surface area contributed by atoms with E-state index in [0.717, 1.165) is 55.6 Å². The van der Waals surface area contributed by atoms with Gasteiger partial charge < -0.3 is 14.8 Å². The quantitative estimate of drug-likeness (QED) is 0.491. The number of aliphatic imine (C=N–C) groups is 1. The number of hydrogen-bond acceptors (Lipinski definition) is 6. The van der Waals surface area contributed by atoms with E-state index in [1.807, 2.05) is 18.2 Å². The van der Waals surface area contributed by atoms with Crippen molar-refractivity contribution < 1.29 is 18.7 Å². The van der Waals surface area contributed by atoms with Gasteiger partial charge in [-0.2, -0.15) is 0 Å². The van der Waals surface area contributed by atoms with Gasteiger partial charge in [0.1, 0.15) is 12.0 Å². The molecule has 8 heteroatoms. The number of amides is 1. The number of rotatable bonds is 8. The third-order valence-corrected chi connectivity index (χ3v) is 6.91. The Kier molecular flexibility index (Phi) is 8.40. The van der Waals surface area contributed by atoms with Crippen LogP contribution in [0.5, 0.6) is 0 Å². The summed E-state index contributed by atoms with van der Waals surface area (Å²) in [6, 6.07) is 18.9. The smallest absolute Gasteiger partial charge is 0.258 e. The standard InChI is InChI=1S/C29H33FN4O3/c30-26-10-4-9-25(24(26)12-11-22-7-3-6-21-5-1-2-8-23(21)22)28(35)33-29-31-14-13-27(32-29)37-20-17-34-15-18-36-19-16-34/h1-10,27H,11-20H2,(H2,31,32,33,35). The molecule has 0 bridgehead atoms. The highest BCUT2D eigenvalue weighted by molar-refractivity contribution is 6.06. The second-order valence-electron chi connectivity index (χ2n) is 9.34. The molecule has 37 heavy (non-hydrogen) atoms. The summed E-state index contributed by atoms with van der Waals surface area (Å²) in [5.41, 5.74) is 1.85. The number of nitrogens with zero attached hydrogens (tertiary/aromatic N) is 2. The van der Waals surface area contributed by atoms with Gasteiger partial charge in [0.05, 0.1) is 19.8 Å². The number of guanidine groups is 1. The number of hydrogen-bond donors (Lipinski definition) is 2. The van der Waals surface area contributed by atoms with Crippen molar-refractivity contribution in [2.45, 2.75) is 25.5 Å². The molecule has 0 aromatic heterocycles. The van der Waals surface area contributed by atoms with Crippen LogP contribution < -0.4 is 10.6 Å². The lowest BCUT2D eigenvalue weighted by Crippen LogP contribution is -2.50. The molecule has 2 heterocycles. The number of fused-ring (bicyclic) bond motifs is 1. The molecule has 0 radical (unpaired) electrons. The molecule has 0 aliphatic carbocycles. The van der Waals surface area contributed by atoms with Gasteiger partial charge in [-0.1, -0.05) is 48.5 Å². The summed E-state index contributed by atoms with van der Waals surface area (Å²) in [6.45, 7) is 5.32. The van der Waals surface area contributed by atoms with E-state index in [1.165, 1.54) is 6.07 Å². The Labute approximate surface area is 216 Å². The van der Waals surface area contributed by atoms with Crippen molar-refractivity contribution in [3.63, 3.8) is 0 Å². The van der Waals surface area contributed by atoms with Gasteiger partial charge in [0.25, 0.3) is 5.91 Å². The lowest BCUT2D eigenvalue weighted by atomic mass is 9.96. The highest BCUT2D eigenvalue weighted by Crippen LogP contribution is 2.22. The maximum atomic E-state index is 14.9. The van der Waals surface area contributed by atoms with Gasteiger partial charge in [0.2, 0.25) is 0 Å². The number of carbonyl (C=O) groups excluding carboxylic acids is 1. The first kappa shape index (κ1) is 25.3. The topological polar surface area (TPSA) is 75.2 Å². The number of halogens is 1. The maximum Gasteiger partial charge on any atom is 0.258 e.